The van der Waals surface area contributed by atoms with Gasteiger partial charge in [-0.15, -0.1) is 11.3 Å². The van der Waals surface area contributed by atoms with E-state index in [4.69, 9.17) is 15.2 Å². The van der Waals surface area contributed by atoms with Crippen LogP contribution >= 0.6 is 11.3 Å². The molecule has 0 saturated heterocycles. The van der Waals surface area contributed by atoms with Crippen LogP contribution in [0.5, 0.6) is 11.5 Å². The lowest BCUT2D eigenvalue weighted by atomic mass is 10.0. The lowest BCUT2D eigenvalue weighted by Gasteiger charge is -2.07. The van der Waals surface area contributed by atoms with Crippen LogP contribution in [0.25, 0.3) is 10.2 Å². The molecule has 0 fully saturated rings. The van der Waals surface area contributed by atoms with Crippen molar-refractivity contribution in [3.05, 3.63) is 76.3 Å². The number of carbonyl (C=O) groups excluding carboxylic acids is 2. The number of ether oxygens (including phenoxy) is 2. The van der Waals surface area contributed by atoms with Crippen LogP contribution < -0.4 is 20.5 Å². The molecule has 0 unspecified atom stereocenters. The van der Waals surface area contributed by atoms with Gasteiger partial charge in [0.25, 0.3) is 5.91 Å². The predicted molar refractivity (Wildman–Crippen MR) is 126 cm³/mol. The number of nitrogens with two attached hydrogens (primary N) is 1. The summed E-state index contributed by atoms with van der Waals surface area (Å²) in [5, 5.41) is 3.41. The second-order valence-electron chi connectivity index (χ2n) is 7.06. The molecular weight excluding hydrogens is 426 g/mol. The minimum absolute atomic E-state index is 0.172. The van der Waals surface area contributed by atoms with Gasteiger partial charge in [-0.05, 0) is 61.5 Å². The van der Waals surface area contributed by atoms with Gasteiger partial charge in [0.2, 0.25) is 0 Å². The number of nitrogen functional groups attached to an aromatic ring is 1. The zero-order valence-corrected chi connectivity index (χ0v) is 18.6. The molecule has 0 aliphatic rings. The molecule has 0 bridgehead atoms. The number of nitrogens with zero attached hydrogens (tertiary/aromatic N) is 1. The highest BCUT2D eigenvalue weighted by atomic mass is 32.1. The van der Waals surface area contributed by atoms with Crippen LogP contribution in [-0.4, -0.2) is 30.9 Å². The van der Waals surface area contributed by atoms with Gasteiger partial charge in [0, 0.05) is 22.2 Å². The SMILES string of the molecule is COc1ccc(NC(=O)c2sc3nc(C)c(C(=O)c4ccc(OC)cc4)cc3c2N)cc1. The van der Waals surface area contributed by atoms with E-state index in [2.05, 4.69) is 10.3 Å². The molecule has 0 atom stereocenters. The van der Waals surface area contributed by atoms with Gasteiger partial charge in [-0.1, -0.05) is 0 Å². The fourth-order valence-electron chi connectivity index (χ4n) is 3.29. The van der Waals surface area contributed by atoms with E-state index in [-0.39, 0.29) is 11.7 Å². The first-order valence-corrected chi connectivity index (χ1v) is 10.6. The van der Waals surface area contributed by atoms with Crippen molar-refractivity contribution in [1.29, 1.82) is 0 Å². The van der Waals surface area contributed by atoms with Crippen LogP contribution in [0.2, 0.25) is 0 Å². The monoisotopic (exact) mass is 447 g/mol. The summed E-state index contributed by atoms with van der Waals surface area (Å²) in [6.45, 7) is 1.77. The summed E-state index contributed by atoms with van der Waals surface area (Å²) < 4.78 is 10.3. The molecule has 32 heavy (non-hydrogen) atoms. The molecule has 2 aromatic carbocycles. The summed E-state index contributed by atoms with van der Waals surface area (Å²) >= 11 is 1.19. The second kappa shape index (κ2) is 8.68. The Hall–Kier alpha value is -3.91. The topological polar surface area (TPSA) is 104 Å². The first kappa shape index (κ1) is 21.3. The number of rotatable bonds is 6. The summed E-state index contributed by atoms with van der Waals surface area (Å²) in [5.41, 5.74) is 8.74. The molecule has 1 amide bonds. The number of methoxy groups -OCH3 is 2. The minimum atomic E-state index is -0.337. The maximum Gasteiger partial charge on any atom is 0.267 e. The van der Waals surface area contributed by atoms with Crippen molar-refractivity contribution < 1.29 is 19.1 Å². The molecule has 0 saturated carbocycles. The average Bonchev–Trinajstić information content (AvgIpc) is 3.14. The van der Waals surface area contributed by atoms with Crippen LogP contribution in [0, 0.1) is 6.92 Å². The Morgan fingerprint density at radius 1 is 0.969 bits per heavy atom. The number of hydrogen-bond acceptors (Lipinski definition) is 7. The molecule has 0 aliphatic carbocycles. The van der Waals surface area contributed by atoms with Gasteiger partial charge in [0.15, 0.2) is 5.78 Å². The van der Waals surface area contributed by atoms with E-state index in [1.165, 1.54) is 11.3 Å². The van der Waals surface area contributed by atoms with Gasteiger partial charge in [-0.3, -0.25) is 9.59 Å². The molecule has 4 aromatic rings. The number of carbonyl (C=O) groups is 2. The van der Waals surface area contributed by atoms with Gasteiger partial charge in [-0.2, -0.15) is 0 Å². The average molecular weight is 448 g/mol. The van der Waals surface area contributed by atoms with Gasteiger partial charge >= 0.3 is 0 Å². The maximum atomic E-state index is 13.0. The third kappa shape index (κ3) is 4.00. The van der Waals surface area contributed by atoms with Crippen LogP contribution in [0.3, 0.4) is 0 Å². The van der Waals surface area contributed by atoms with Crippen molar-refractivity contribution in [1.82, 2.24) is 4.98 Å². The number of amides is 1. The molecule has 162 valence electrons. The summed E-state index contributed by atoms with van der Waals surface area (Å²) in [7, 11) is 3.15. The number of hydrogen-bond donors (Lipinski definition) is 2. The van der Waals surface area contributed by atoms with Crippen molar-refractivity contribution in [3.8, 4) is 11.5 Å². The highest BCUT2D eigenvalue weighted by Gasteiger charge is 2.21. The zero-order valence-electron chi connectivity index (χ0n) is 17.8. The van der Waals surface area contributed by atoms with E-state index in [1.807, 2.05) is 0 Å². The van der Waals surface area contributed by atoms with Gasteiger partial charge in [-0.25, -0.2) is 4.98 Å². The fourth-order valence-corrected chi connectivity index (χ4v) is 4.31. The largest absolute Gasteiger partial charge is 0.497 e. The number of benzene rings is 2. The molecule has 0 spiro atoms. The summed E-state index contributed by atoms with van der Waals surface area (Å²) in [5.74, 6) is 0.852. The lowest BCUT2D eigenvalue weighted by molar-refractivity contribution is 0.102. The molecule has 0 radical (unpaired) electrons. The molecule has 7 nitrogen and oxygen atoms in total. The van der Waals surface area contributed by atoms with E-state index in [9.17, 15) is 9.59 Å². The third-order valence-corrected chi connectivity index (χ3v) is 6.18. The van der Waals surface area contributed by atoms with Gasteiger partial charge in [0.05, 0.1) is 25.6 Å². The number of pyridine rings is 1. The molecule has 2 heterocycles. The number of ketones is 1. The number of aromatic nitrogens is 1. The molecular formula is C24H21N3O4S. The minimum Gasteiger partial charge on any atom is -0.497 e. The van der Waals surface area contributed by atoms with Crippen molar-refractivity contribution in [2.45, 2.75) is 6.92 Å². The summed E-state index contributed by atoms with van der Waals surface area (Å²) in [6, 6.07) is 15.6. The Labute approximate surface area is 188 Å². The van der Waals surface area contributed by atoms with Crippen molar-refractivity contribution >= 4 is 44.6 Å². The van der Waals surface area contributed by atoms with E-state index in [0.717, 1.165) is 0 Å². The highest BCUT2D eigenvalue weighted by Crippen LogP contribution is 2.35. The van der Waals surface area contributed by atoms with Crippen LogP contribution in [0.1, 0.15) is 31.3 Å². The van der Waals surface area contributed by atoms with E-state index in [1.54, 1.807) is 75.7 Å². The fraction of sp³-hybridized carbons (Fsp3) is 0.125. The normalized spacial score (nSPS) is 10.7. The lowest BCUT2D eigenvalue weighted by Crippen LogP contribution is -2.11. The van der Waals surface area contributed by atoms with Crippen molar-refractivity contribution in [2.75, 3.05) is 25.3 Å². The Morgan fingerprint density at radius 2 is 1.56 bits per heavy atom. The Morgan fingerprint density at radius 3 is 2.16 bits per heavy atom. The Balaban J connectivity index is 1.65. The Kier molecular flexibility index (Phi) is 5.79. The maximum absolute atomic E-state index is 13.0. The standard InChI is InChI=1S/C24H21N3O4S/c1-13-18(21(28)14-4-8-16(30-2)9-5-14)12-19-20(25)22(32-24(19)26-13)23(29)27-15-6-10-17(31-3)11-7-15/h4-12H,25H2,1-3H3,(H,27,29). The second-order valence-corrected chi connectivity index (χ2v) is 8.06. The predicted octanol–water partition coefficient (Wildman–Crippen LogP) is 4.69. The highest BCUT2D eigenvalue weighted by molar-refractivity contribution is 7.21. The van der Waals surface area contributed by atoms with Crippen LogP contribution in [0.15, 0.2) is 54.6 Å². The first-order valence-electron chi connectivity index (χ1n) is 9.75. The van der Waals surface area contributed by atoms with E-state index < -0.39 is 0 Å². The van der Waals surface area contributed by atoms with Crippen LogP contribution in [-0.2, 0) is 0 Å². The number of fused-ring (bicyclic) bond motifs is 1. The zero-order chi connectivity index (χ0) is 22.8. The van der Waals surface area contributed by atoms with Gasteiger partial charge in [0.1, 0.15) is 21.2 Å². The number of anilines is 2. The van der Waals surface area contributed by atoms with E-state index in [0.29, 0.717) is 54.8 Å². The smallest absolute Gasteiger partial charge is 0.267 e. The molecule has 2 aromatic heterocycles. The number of nitrogens with one attached hydrogen (secondary N) is 1. The van der Waals surface area contributed by atoms with E-state index >= 15 is 0 Å². The summed E-state index contributed by atoms with van der Waals surface area (Å²) in [4.78, 5) is 31.4. The number of thiophene rings is 1. The molecule has 3 N–H and O–H groups in total. The molecule has 8 heteroatoms. The van der Waals surface area contributed by atoms with Crippen molar-refractivity contribution in [2.24, 2.45) is 0 Å². The van der Waals surface area contributed by atoms with Crippen LogP contribution in [0.4, 0.5) is 11.4 Å². The quantitative estimate of drug-likeness (QED) is 0.416. The Bertz CT molecular complexity index is 1310. The van der Waals surface area contributed by atoms with Gasteiger partial charge < -0.3 is 20.5 Å². The summed E-state index contributed by atoms with van der Waals surface area (Å²) in [6.07, 6.45) is 0. The number of aryl methyl sites for hydroxylation is 1. The third-order valence-electron chi connectivity index (χ3n) is 5.06. The molecule has 0 aliphatic heterocycles. The molecule has 4 rings (SSSR count). The van der Waals surface area contributed by atoms with Crippen molar-refractivity contribution in [3.63, 3.8) is 0 Å². The first-order chi connectivity index (χ1) is 15.4.